The number of aryl methyl sites for hydroxylation is 1. The first-order valence-electron chi connectivity index (χ1n) is 9.57. The molecule has 140 valence electrons. The van der Waals surface area contributed by atoms with Crippen molar-refractivity contribution in [2.45, 2.75) is 44.1 Å². The van der Waals surface area contributed by atoms with Crippen LogP contribution in [0.25, 0.3) is 11.1 Å². The molecule has 1 fully saturated rings. The second-order valence-electron chi connectivity index (χ2n) is 7.90. The number of hydrogen-bond donors (Lipinski definition) is 2. The Labute approximate surface area is 159 Å². The molecule has 0 saturated heterocycles. The van der Waals surface area contributed by atoms with Crippen LogP contribution in [-0.4, -0.2) is 20.3 Å². The summed E-state index contributed by atoms with van der Waals surface area (Å²) in [6, 6.07) is 12.7. The molecule has 0 spiro atoms. The molecule has 3 aromatic rings. The van der Waals surface area contributed by atoms with Crippen molar-refractivity contribution in [3.63, 3.8) is 0 Å². The van der Waals surface area contributed by atoms with E-state index in [4.69, 9.17) is 0 Å². The third-order valence-corrected chi connectivity index (χ3v) is 5.74. The Bertz CT molecular complexity index is 965. The number of nitrogens with one attached hydrogen (secondary N) is 2. The summed E-state index contributed by atoms with van der Waals surface area (Å²) >= 11 is 0. The van der Waals surface area contributed by atoms with Crippen molar-refractivity contribution in [1.82, 2.24) is 14.8 Å². The maximum absolute atomic E-state index is 12.4. The van der Waals surface area contributed by atoms with E-state index in [1.807, 2.05) is 25.5 Å². The van der Waals surface area contributed by atoms with Gasteiger partial charge in [0.15, 0.2) is 0 Å². The van der Waals surface area contributed by atoms with Crippen molar-refractivity contribution >= 4 is 5.69 Å². The van der Waals surface area contributed by atoms with Crippen LogP contribution in [0.5, 0.6) is 0 Å². The third-order valence-electron chi connectivity index (χ3n) is 5.74. The zero-order chi connectivity index (χ0) is 18.9. The maximum atomic E-state index is 12.4. The Hall–Kier alpha value is -2.82. The standard InChI is InChI=1S/C22H26N4O/c1-22(10-8-17(9-11-22)16-6-4-3-5-7-16)25-20-12-18(13-23-21(20)27)19-14-24-26(2)15-19/h3-7,12-15,17,25H,8-11H2,1-2H3,(H,23,27). The SMILES string of the molecule is Cn1cc(-c2c[nH]c(=O)c(NC3(C)CCC(c4ccccc4)CC3)c2)cn1. The fourth-order valence-corrected chi connectivity index (χ4v) is 4.08. The minimum absolute atomic E-state index is 0.0636. The molecule has 27 heavy (non-hydrogen) atoms. The molecule has 0 amide bonds. The summed E-state index contributed by atoms with van der Waals surface area (Å²) < 4.78 is 1.76. The average Bonchev–Trinajstić information content (AvgIpc) is 3.11. The highest BCUT2D eigenvalue weighted by Gasteiger charge is 2.32. The van der Waals surface area contributed by atoms with Crippen LogP contribution in [0, 0.1) is 0 Å². The summed E-state index contributed by atoms with van der Waals surface area (Å²) in [6.07, 6.45) is 9.86. The van der Waals surface area contributed by atoms with E-state index in [9.17, 15) is 4.79 Å². The number of pyridine rings is 1. The fraction of sp³-hybridized carbons (Fsp3) is 0.364. The van der Waals surface area contributed by atoms with Gasteiger partial charge in [0, 0.05) is 36.1 Å². The van der Waals surface area contributed by atoms with E-state index in [0.717, 1.165) is 36.8 Å². The Morgan fingerprint density at radius 2 is 1.93 bits per heavy atom. The predicted molar refractivity (Wildman–Crippen MR) is 109 cm³/mol. The molecule has 0 radical (unpaired) electrons. The molecular formula is C22H26N4O. The van der Waals surface area contributed by atoms with Crippen LogP contribution >= 0.6 is 0 Å². The number of aromatic amines is 1. The molecule has 0 unspecified atom stereocenters. The van der Waals surface area contributed by atoms with Gasteiger partial charge in [-0.3, -0.25) is 9.48 Å². The van der Waals surface area contributed by atoms with Crippen molar-refractivity contribution in [1.29, 1.82) is 0 Å². The van der Waals surface area contributed by atoms with Crippen LogP contribution in [0.3, 0.4) is 0 Å². The fourth-order valence-electron chi connectivity index (χ4n) is 4.08. The molecule has 0 bridgehead atoms. The van der Waals surface area contributed by atoms with Gasteiger partial charge >= 0.3 is 0 Å². The van der Waals surface area contributed by atoms with Gasteiger partial charge in [0.2, 0.25) is 0 Å². The molecule has 5 nitrogen and oxygen atoms in total. The van der Waals surface area contributed by atoms with Gasteiger partial charge in [-0.25, -0.2) is 0 Å². The normalized spacial score (nSPS) is 22.5. The predicted octanol–water partition coefficient (Wildman–Crippen LogP) is 4.30. The molecule has 1 aliphatic rings. The van der Waals surface area contributed by atoms with Gasteiger partial charge in [0.1, 0.15) is 5.69 Å². The molecule has 1 aliphatic carbocycles. The molecule has 2 N–H and O–H groups in total. The van der Waals surface area contributed by atoms with Crippen LogP contribution in [0.2, 0.25) is 0 Å². The molecule has 2 heterocycles. The highest BCUT2D eigenvalue weighted by atomic mass is 16.1. The van der Waals surface area contributed by atoms with Gasteiger partial charge in [-0.15, -0.1) is 0 Å². The first kappa shape index (κ1) is 17.6. The first-order valence-corrected chi connectivity index (χ1v) is 9.57. The summed E-state index contributed by atoms with van der Waals surface area (Å²) in [6.45, 7) is 2.23. The van der Waals surface area contributed by atoms with Crippen LogP contribution in [0.1, 0.15) is 44.1 Å². The maximum Gasteiger partial charge on any atom is 0.271 e. The number of nitrogens with zero attached hydrogens (tertiary/aromatic N) is 2. The lowest BCUT2D eigenvalue weighted by Gasteiger charge is -2.39. The summed E-state index contributed by atoms with van der Waals surface area (Å²) in [7, 11) is 1.89. The zero-order valence-corrected chi connectivity index (χ0v) is 15.9. The van der Waals surface area contributed by atoms with E-state index < -0.39 is 0 Å². The van der Waals surface area contributed by atoms with E-state index in [0.29, 0.717) is 11.6 Å². The molecule has 5 heteroatoms. The van der Waals surface area contributed by atoms with Crippen LogP contribution < -0.4 is 10.9 Å². The molecule has 4 rings (SSSR count). The number of aromatic nitrogens is 3. The molecule has 2 aromatic heterocycles. The summed E-state index contributed by atoms with van der Waals surface area (Å²) in [4.78, 5) is 15.2. The van der Waals surface area contributed by atoms with Crippen molar-refractivity contribution in [2.75, 3.05) is 5.32 Å². The second-order valence-corrected chi connectivity index (χ2v) is 7.90. The quantitative estimate of drug-likeness (QED) is 0.727. The minimum Gasteiger partial charge on any atom is -0.375 e. The average molecular weight is 362 g/mol. The van der Waals surface area contributed by atoms with E-state index in [2.05, 4.69) is 52.7 Å². The first-order chi connectivity index (χ1) is 13.0. The largest absolute Gasteiger partial charge is 0.375 e. The van der Waals surface area contributed by atoms with Crippen LogP contribution in [-0.2, 0) is 7.05 Å². The molecule has 1 saturated carbocycles. The number of rotatable bonds is 4. The highest BCUT2D eigenvalue weighted by Crippen LogP contribution is 2.39. The Kier molecular flexibility index (Phi) is 4.60. The van der Waals surface area contributed by atoms with E-state index >= 15 is 0 Å². The summed E-state index contributed by atoms with van der Waals surface area (Å²) in [5.41, 5.74) is 3.88. The molecular weight excluding hydrogens is 336 g/mol. The lowest BCUT2D eigenvalue weighted by atomic mass is 9.75. The van der Waals surface area contributed by atoms with Crippen LogP contribution in [0.15, 0.2) is 59.8 Å². The van der Waals surface area contributed by atoms with Crippen molar-refractivity contribution in [3.8, 4) is 11.1 Å². The molecule has 1 aromatic carbocycles. The number of anilines is 1. The van der Waals surface area contributed by atoms with Crippen molar-refractivity contribution in [2.24, 2.45) is 7.05 Å². The van der Waals surface area contributed by atoms with E-state index in [-0.39, 0.29) is 11.1 Å². The number of hydrogen-bond acceptors (Lipinski definition) is 3. The number of H-pyrrole nitrogens is 1. The van der Waals surface area contributed by atoms with E-state index in [1.165, 1.54) is 5.56 Å². The lowest BCUT2D eigenvalue weighted by molar-refractivity contribution is 0.318. The molecule has 0 atom stereocenters. The van der Waals surface area contributed by atoms with Gasteiger partial charge in [-0.05, 0) is 50.2 Å². The zero-order valence-electron chi connectivity index (χ0n) is 15.9. The third kappa shape index (κ3) is 3.82. The lowest BCUT2D eigenvalue weighted by Crippen LogP contribution is -2.40. The van der Waals surface area contributed by atoms with Gasteiger partial charge in [0.05, 0.1) is 6.20 Å². The monoisotopic (exact) mass is 362 g/mol. The summed E-state index contributed by atoms with van der Waals surface area (Å²) in [5.74, 6) is 0.612. The minimum atomic E-state index is -0.0750. The number of benzene rings is 1. The van der Waals surface area contributed by atoms with E-state index in [1.54, 1.807) is 10.9 Å². The van der Waals surface area contributed by atoms with Crippen molar-refractivity contribution in [3.05, 3.63) is 70.9 Å². The molecule has 0 aliphatic heterocycles. The van der Waals surface area contributed by atoms with Crippen LogP contribution in [0.4, 0.5) is 5.69 Å². The smallest absolute Gasteiger partial charge is 0.271 e. The summed E-state index contributed by atoms with van der Waals surface area (Å²) in [5, 5.41) is 7.76. The highest BCUT2D eigenvalue weighted by molar-refractivity contribution is 5.65. The van der Waals surface area contributed by atoms with Gasteiger partial charge in [-0.1, -0.05) is 30.3 Å². The van der Waals surface area contributed by atoms with Gasteiger partial charge in [0.25, 0.3) is 5.56 Å². The van der Waals surface area contributed by atoms with Gasteiger partial charge in [-0.2, -0.15) is 5.10 Å². The Morgan fingerprint density at radius 1 is 1.19 bits per heavy atom. The van der Waals surface area contributed by atoms with Gasteiger partial charge < -0.3 is 10.3 Å². The Balaban J connectivity index is 1.50. The second kappa shape index (κ2) is 7.06. The van der Waals surface area contributed by atoms with Crippen molar-refractivity contribution < 1.29 is 0 Å². The topological polar surface area (TPSA) is 62.7 Å². The Morgan fingerprint density at radius 3 is 2.59 bits per heavy atom.